The maximum absolute atomic E-state index is 6.15. The molecule has 0 radical (unpaired) electrons. The molecule has 3 heteroatoms. The van der Waals surface area contributed by atoms with E-state index in [1.54, 1.807) is 0 Å². The molecule has 3 N–H and O–H groups in total. The molecule has 0 saturated carbocycles. The summed E-state index contributed by atoms with van der Waals surface area (Å²) in [7, 11) is 0. The Hall–Kier alpha value is -0.120. The SMILES string of the molecule is CC(C)(N)C(C)(C)CNCCC1CCCO1. The van der Waals surface area contributed by atoms with Gasteiger partial charge in [-0.25, -0.2) is 0 Å². The Bertz CT molecular complexity index is 202. The second kappa shape index (κ2) is 5.48. The Balaban J connectivity index is 2.14. The van der Waals surface area contributed by atoms with E-state index in [4.69, 9.17) is 10.5 Å². The molecule has 16 heavy (non-hydrogen) atoms. The van der Waals surface area contributed by atoms with Gasteiger partial charge >= 0.3 is 0 Å². The van der Waals surface area contributed by atoms with Crippen LogP contribution in [0, 0.1) is 5.41 Å². The Morgan fingerprint density at radius 2 is 2.00 bits per heavy atom. The quantitative estimate of drug-likeness (QED) is 0.683. The van der Waals surface area contributed by atoms with Crippen molar-refractivity contribution in [2.75, 3.05) is 19.7 Å². The second-order valence-corrected chi connectivity index (χ2v) is 6.21. The van der Waals surface area contributed by atoms with E-state index in [1.807, 2.05) is 0 Å². The highest BCUT2D eigenvalue weighted by molar-refractivity contribution is 4.91. The van der Waals surface area contributed by atoms with Gasteiger partial charge in [-0.1, -0.05) is 13.8 Å². The van der Waals surface area contributed by atoms with Crippen molar-refractivity contribution in [1.29, 1.82) is 0 Å². The monoisotopic (exact) mass is 228 g/mol. The maximum atomic E-state index is 6.15. The summed E-state index contributed by atoms with van der Waals surface area (Å²) in [6, 6.07) is 0. The lowest BCUT2D eigenvalue weighted by atomic mass is 9.75. The maximum Gasteiger partial charge on any atom is 0.0588 e. The first-order chi connectivity index (χ1) is 7.33. The zero-order valence-electron chi connectivity index (χ0n) is 11.3. The van der Waals surface area contributed by atoms with Crippen LogP contribution >= 0.6 is 0 Å². The van der Waals surface area contributed by atoms with Crippen LogP contribution in [-0.4, -0.2) is 31.3 Å². The molecule has 0 aromatic carbocycles. The van der Waals surface area contributed by atoms with Crippen molar-refractivity contribution in [2.24, 2.45) is 11.1 Å². The summed E-state index contributed by atoms with van der Waals surface area (Å²) >= 11 is 0. The minimum Gasteiger partial charge on any atom is -0.378 e. The van der Waals surface area contributed by atoms with Gasteiger partial charge in [-0.3, -0.25) is 0 Å². The first-order valence-corrected chi connectivity index (χ1v) is 6.44. The number of nitrogens with two attached hydrogens (primary N) is 1. The largest absolute Gasteiger partial charge is 0.378 e. The topological polar surface area (TPSA) is 47.3 Å². The van der Waals surface area contributed by atoms with Crippen LogP contribution in [0.3, 0.4) is 0 Å². The van der Waals surface area contributed by atoms with Gasteiger partial charge in [0.15, 0.2) is 0 Å². The van der Waals surface area contributed by atoms with Crippen LogP contribution < -0.4 is 11.1 Å². The zero-order valence-corrected chi connectivity index (χ0v) is 11.3. The molecule has 1 heterocycles. The van der Waals surface area contributed by atoms with Gasteiger partial charge in [-0.2, -0.15) is 0 Å². The smallest absolute Gasteiger partial charge is 0.0588 e. The Morgan fingerprint density at radius 3 is 2.50 bits per heavy atom. The highest BCUT2D eigenvalue weighted by Crippen LogP contribution is 2.27. The van der Waals surface area contributed by atoms with Crippen LogP contribution in [0.1, 0.15) is 47.0 Å². The fourth-order valence-corrected chi connectivity index (χ4v) is 1.76. The molecule has 1 fully saturated rings. The third-order valence-corrected chi connectivity index (χ3v) is 3.98. The van der Waals surface area contributed by atoms with E-state index < -0.39 is 0 Å². The molecule has 0 aromatic heterocycles. The van der Waals surface area contributed by atoms with Crippen molar-refractivity contribution in [2.45, 2.75) is 58.6 Å². The highest BCUT2D eigenvalue weighted by Gasteiger charge is 2.32. The summed E-state index contributed by atoms with van der Waals surface area (Å²) in [6.07, 6.45) is 4.07. The molecule has 1 saturated heterocycles. The first-order valence-electron chi connectivity index (χ1n) is 6.44. The average molecular weight is 228 g/mol. The molecule has 0 aromatic rings. The average Bonchev–Trinajstić information content (AvgIpc) is 2.63. The molecule has 0 aliphatic carbocycles. The van der Waals surface area contributed by atoms with Crippen molar-refractivity contribution in [3.05, 3.63) is 0 Å². The van der Waals surface area contributed by atoms with Crippen LogP contribution in [0.4, 0.5) is 0 Å². The van der Waals surface area contributed by atoms with E-state index in [9.17, 15) is 0 Å². The molecule has 0 bridgehead atoms. The van der Waals surface area contributed by atoms with E-state index in [1.165, 1.54) is 12.8 Å². The van der Waals surface area contributed by atoms with Crippen LogP contribution in [0.5, 0.6) is 0 Å². The normalized spacial score (nSPS) is 22.7. The predicted octanol–water partition coefficient (Wildman–Crippen LogP) is 1.91. The van der Waals surface area contributed by atoms with E-state index in [2.05, 4.69) is 33.0 Å². The van der Waals surface area contributed by atoms with Gasteiger partial charge in [0.1, 0.15) is 0 Å². The van der Waals surface area contributed by atoms with Crippen LogP contribution in [-0.2, 0) is 4.74 Å². The standard InChI is InChI=1S/C13H28N2O/c1-12(2,13(3,4)14)10-15-8-7-11-6-5-9-16-11/h11,15H,5-10,14H2,1-4H3. The fraction of sp³-hybridized carbons (Fsp3) is 1.00. The minimum absolute atomic E-state index is 0.115. The Morgan fingerprint density at radius 1 is 1.31 bits per heavy atom. The van der Waals surface area contributed by atoms with Crippen LogP contribution in [0.2, 0.25) is 0 Å². The predicted molar refractivity (Wildman–Crippen MR) is 68.5 cm³/mol. The molecule has 1 rings (SSSR count). The Kier molecular flexibility index (Phi) is 4.77. The lowest BCUT2D eigenvalue weighted by Crippen LogP contribution is -2.52. The van der Waals surface area contributed by atoms with Crippen LogP contribution in [0.25, 0.3) is 0 Å². The zero-order chi connectivity index (χ0) is 12.2. The highest BCUT2D eigenvalue weighted by atomic mass is 16.5. The molecule has 1 unspecified atom stereocenters. The van der Waals surface area contributed by atoms with E-state index in [0.717, 1.165) is 26.1 Å². The van der Waals surface area contributed by atoms with E-state index >= 15 is 0 Å². The lowest BCUT2D eigenvalue weighted by molar-refractivity contribution is 0.102. The number of nitrogens with one attached hydrogen (secondary N) is 1. The lowest BCUT2D eigenvalue weighted by Gasteiger charge is -2.38. The van der Waals surface area contributed by atoms with Gasteiger partial charge in [0.2, 0.25) is 0 Å². The third kappa shape index (κ3) is 4.04. The minimum atomic E-state index is -0.149. The molecule has 1 aliphatic rings. The molecule has 0 spiro atoms. The summed E-state index contributed by atoms with van der Waals surface area (Å²) < 4.78 is 5.59. The van der Waals surface area contributed by atoms with Crippen molar-refractivity contribution in [3.8, 4) is 0 Å². The van der Waals surface area contributed by atoms with Gasteiger partial charge in [0, 0.05) is 18.7 Å². The molecule has 1 atom stereocenters. The van der Waals surface area contributed by atoms with Gasteiger partial charge in [0.25, 0.3) is 0 Å². The summed E-state index contributed by atoms with van der Waals surface area (Å²) in [4.78, 5) is 0. The van der Waals surface area contributed by atoms with Crippen molar-refractivity contribution >= 4 is 0 Å². The van der Waals surface area contributed by atoms with Crippen molar-refractivity contribution < 1.29 is 4.74 Å². The third-order valence-electron chi connectivity index (χ3n) is 3.98. The molecule has 3 nitrogen and oxygen atoms in total. The van der Waals surface area contributed by atoms with Crippen molar-refractivity contribution in [1.82, 2.24) is 5.32 Å². The molecular formula is C13H28N2O. The van der Waals surface area contributed by atoms with Gasteiger partial charge < -0.3 is 15.8 Å². The molecule has 96 valence electrons. The summed E-state index contributed by atoms with van der Waals surface area (Å²) in [5, 5.41) is 3.50. The molecule has 1 aliphatic heterocycles. The van der Waals surface area contributed by atoms with Gasteiger partial charge in [0.05, 0.1) is 6.10 Å². The van der Waals surface area contributed by atoms with Gasteiger partial charge in [-0.15, -0.1) is 0 Å². The van der Waals surface area contributed by atoms with Gasteiger partial charge in [-0.05, 0) is 45.1 Å². The van der Waals surface area contributed by atoms with E-state index in [-0.39, 0.29) is 11.0 Å². The van der Waals surface area contributed by atoms with Crippen molar-refractivity contribution in [3.63, 3.8) is 0 Å². The Labute approximate surface area is 100 Å². The summed E-state index contributed by atoms with van der Waals surface area (Å²) in [5.41, 5.74) is 6.12. The summed E-state index contributed by atoms with van der Waals surface area (Å²) in [6.45, 7) is 11.6. The van der Waals surface area contributed by atoms with E-state index in [0.29, 0.717) is 6.10 Å². The number of ether oxygens (including phenoxy) is 1. The number of hydrogen-bond acceptors (Lipinski definition) is 3. The fourth-order valence-electron chi connectivity index (χ4n) is 1.76. The number of hydrogen-bond donors (Lipinski definition) is 2. The number of rotatable bonds is 6. The first kappa shape index (κ1) is 13.9. The van der Waals surface area contributed by atoms with Crippen LogP contribution in [0.15, 0.2) is 0 Å². The molecule has 0 amide bonds. The summed E-state index contributed by atoms with van der Waals surface area (Å²) in [5.74, 6) is 0. The second-order valence-electron chi connectivity index (χ2n) is 6.21. The molecular weight excluding hydrogens is 200 g/mol.